The number of thioether (sulfide) groups is 1. The molecule has 0 atom stereocenters. The lowest BCUT2D eigenvalue weighted by Gasteiger charge is -2.13. The number of hydrogen-bond donors (Lipinski definition) is 1. The van der Waals surface area contributed by atoms with Gasteiger partial charge < -0.3 is 5.11 Å². The molecule has 3 heterocycles. The molecule has 7 nitrogen and oxygen atoms in total. The quantitative estimate of drug-likeness (QED) is 0.181. The van der Waals surface area contributed by atoms with E-state index >= 15 is 0 Å². The normalized spacial score (nSPS) is 14.9. The molecule has 1 fully saturated rings. The minimum Gasteiger partial charge on any atom is -0.481 e. The van der Waals surface area contributed by atoms with Crippen LogP contribution in [0.3, 0.4) is 0 Å². The summed E-state index contributed by atoms with van der Waals surface area (Å²) in [6.45, 7) is 2.32. The fourth-order valence-electron chi connectivity index (χ4n) is 3.59. The number of carboxylic acids is 1. The highest BCUT2D eigenvalue weighted by Gasteiger charge is 2.32. The van der Waals surface area contributed by atoms with E-state index in [1.165, 1.54) is 32.8 Å². The smallest absolute Gasteiger partial charge is 0.303 e. The summed E-state index contributed by atoms with van der Waals surface area (Å²) < 4.78 is 1.93. The van der Waals surface area contributed by atoms with E-state index in [1.807, 2.05) is 43.3 Å². The summed E-state index contributed by atoms with van der Waals surface area (Å²) >= 11 is 7.96. The largest absolute Gasteiger partial charge is 0.481 e. The number of nitrogens with zero attached hydrogens (tertiary/aromatic N) is 3. The van der Waals surface area contributed by atoms with Crippen molar-refractivity contribution in [2.75, 3.05) is 6.54 Å². The summed E-state index contributed by atoms with van der Waals surface area (Å²) in [5.41, 5.74) is 1.54. The van der Waals surface area contributed by atoms with Crippen LogP contribution in [0.2, 0.25) is 0 Å². The molecule has 1 aliphatic rings. The van der Waals surface area contributed by atoms with Crippen LogP contribution in [-0.2, 0) is 9.59 Å². The van der Waals surface area contributed by atoms with Gasteiger partial charge in [-0.1, -0.05) is 66.4 Å². The maximum Gasteiger partial charge on any atom is 0.303 e. The number of benzene rings is 1. The van der Waals surface area contributed by atoms with Gasteiger partial charge in [0.05, 0.1) is 10.5 Å². The molecule has 0 saturated carbocycles. The number of unbranched alkanes of at least 4 members (excludes halogenated alkanes) is 2. The van der Waals surface area contributed by atoms with Crippen molar-refractivity contribution in [3.05, 3.63) is 75.0 Å². The Morgan fingerprint density at radius 2 is 1.91 bits per heavy atom. The van der Waals surface area contributed by atoms with Crippen LogP contribution in [0.1, 0.15) is 36.8 Å². The molecular weight excluding hydrogens is 502 g/mol. The molecule has 0 aliphatic carbocycles. The van der Waals surface area contributed by atoms with Gasteiger partial charge in [-0.15, -0.1) is 0 Å². The van der Waals surface area contributed by atoms with Gasteiger partial charge in [0.2, 0.25) is 0 Å². The first kappa shape index (κ1) is 25.2. The molecule has 35 heavy (non-hydrogen) atoms. The Morgan fingerprint density at radius 1 is 1.14 bits per heavy atom. The minimum absolute atomic E-state index is 0.110. The van der Waals surface area contributed by atoms with Crippen molar-refractivity contribution in [1.29, 1.82) is 0 Å². The molecule has 0 radical (unpaired) electrons. The second-order valence-electron chi connectivity index (χ2n) is 8.02. The van der Waals surface area contributed by atoms with Crippen molar-refractivity contribution < 1.29 is 14.7 Å². The second kappa shape index (κ2) is 11.2. The van der Waals surface area contributed by atoms with Crippen molar-refractivity contribution in [2.24, 2.45) is 0 Å². The van der Waals surface area contributed by atoms with E-state index in [-0.39, 0.29) is 17.9 Å². The van der Waals surface area contributed by atoms with Gasteiger partial charge in [-0.05, 0) is 49.6 Å². The summed E-state index contributed by atoms with van der Waals surface area (Å²) in [5.74, 6) is -1.07. The molecule has 10 heteroatoms. The van der Waals surface area contributed by atoms with Gasteiger partial charge in [-0.25, -0.2) is 4.98 Å². The van der Waals surface area contributed by atoms with E-state index in [4.69, 9.17) is 22.3 Å². The fraction of sp³-hybridized carbons (Fsp3) is 0.240. The molecular formula is C25H23N3O4S3. The third-order valence-electron chi connectivity index (χ3n) is 5.35. The highest BCUT2D eigenvalue weighted by atomic mass is 32.2. The molecule has 3 aromatic rings. The Labute approximate surface area is 216 Å². The summed E-state index contributed by atoms with van der Waals surface area (Å²) in [6, 6.07) is 13.3. The molecule has 0 bridgehead atoms. The molecule has 1 amide bonds. The molecule has 4 rings (SSSR count). The number of amides is 1. The Kier molecular flexibility index (Phi) is 8.04. The third-order valence-corrected chi connectivity index (χ3v) is 7.74. The highest BCUT2D eigenvalue weighted by Crippen LogP contribution is 2.35. The van der Waals surface area contributed by atoms with Crippen molar-refractivity contribution >= 4 is 63.7 Å². The summed E-state index contributed by atoms with van der Waals surface area (Å²) in [5, 5.41) is 9.29. The van der Waals surface area contributed by atoms with E-state index in [2.05, 4.69) is 0 Å². The lowest BCUT2D eigenvalue weighted by molar-refractivity contribution is -0.137. The van der Waals surface area contributed by atoms with Gasteiger partial charge in [-0.2, -0.15) is 0 Å². The Bertz CT molecular complexity index is 1390. The zero-order valence-corrected chi connectivity index (χ0v) is 21.4. The number of aromatic nitrogens is 2. The first-order valence-corrected chi connectivity index (χ1v) is 13.1. The summed E-state index contributed by atoms with van der Waals surface area (Å²) in [4.78, 5) is 44.8. The standard InChI is InChI=1S/C25H23N3O4S3/c1-16-11-12-20-26-22(34-17-8-4-2-5-9-17)18(23(31)28(20)15-16)14-19-24(32)27(25(33)35-19)13-7-3-6-10-21(29)30/h2,4-5,8-9,11-12,14-15H,3,6-7,10,13H2,1H3,(H,29,30)/b19-14+. The van der Waals surface area contributed by atoms with E-state index in [1.54, 1.807) is 18.3 Å². The lowest BCUT2D eigenvalue weighted by atomic mass is 10.2. The van der Waals surface area contributed by atoms with Crippen LogP contribution in [0.15, 0.2) is 68.3 Å². The first-order chi connectivity index (χ1) is 16.8. The Balaban J connectivity index is 1.65. The fourth-order valence-corrected chi connectivity index (χ4v) is 5.79. The Morgan fingerprint density at radius 3 is 2.66 bits per heavy atom. The van der Waals surface area contributed by atoms with Crippen LogP contribution in [0.4, 0.5) is 0 Å². The third kappa shape index (κ3) is 6.01. The van der Waals surface area contributed by atoms with Crippen molar-refractivity contribution in [3.8, 4) is 0 Å². The van der Waals surface area contributed by atoms with Gasteiger partial charge >= 0.3 is 5.97 Å². The average molecular weight is 526 g/mol. The molecule has 0 spiro atoms. The van der Waals surface area contributed by atoms with Gasteiger partial charge in [0, 0.05) is 24.1 Å². The summed E-state index contributed by atoms with van der Waals surface area (Å²) in [7, 11) is 0. The number of rotatable bonds is 9. The predicted octanol–water partition coefficient (Wildman–Crippen LogP) is 5.00. The molecule has 1 N–H and O–H groups in total. The van der Waals surface area contributed by atoms with E-state index < -0.39 is 5.97 Å². The van der Waals surface area contributed by atoms with Gasteiger partial charge in [-0.3, -0.25) is 23.7 Å². The molecule has 0 unspecified atom stereocenters. The minimum atomic E-state index is -0.826. The number of thiocarbonyl (C=S) groups is 1. The van der Waals surface area contributed by atoms with Gasteiger partial charge in [0.1, 0.15) is 15.0 Å². The van der Waals surface area contributed by atoms with Crippen LogP contribution in [0.25, 0.3) is 11.7 Å². The molecule has 2 aromatic heterocycles. The van der Waals surface area contributed by atoms with Crippen molar-refractivity contribution in [1.82, 2.24) is 14.3 Å². The number of aliphatic carboxylic acids is 1. The zero-order valence-electron chi connectivity index (χ0n) is 19.0. The number of carbonyl (C=O) groups is 2. The first-order valence-electron chi connectivity index (χ1n) is 11.1. The summed E-state index contributed by atoms with van der Waals surface area (Å²) in [6.07, 6.45) is 5.34. The predicted molar refractivity (Wildman–Crippen MR) is 143 cm³/mol. The zero-order chi connectivity index (χ0) is 24.9. The van der Waals surface area contributed by atoms with Crippen LogP contribution in [-0.4, -0.2) is 42.1 Å². The van der Waals surface area contributed by atoms with Gasteiger partial charge in [0.15, 0.2) is 0 Å². The number of hydrogen-bond acceptors (Lipinski definition) is 7. The van der Waals surface area contributed by atoms with E-state index in [0.29, 0.717) is 51.3 Å². The topological polar surface area (TPSA) is 92.0 Å². The van der Waals surface area contributed by atoms with Gasteiger partial charge in [0.25, 0.3) is 11.5 Å². The maximum absolute atomic E-state index is 13.5. The highest BCUT2D eigenvalue weighted by molar-refractivity contribution is 8.26. The maximum atomic E-state index is 13.5. The van der Waals surface area contributed by atoms with Crippen molar-refractivity contribution in [3.63, 3.8) is 0 Å². The SMILES string of the molecule is Cc1ccc2nc(Sc3ccccc3)c(/C=C3/SC(=S)N(CCCCCC(=O)O)C3=O)c(=O)n2c1. The average Bonchev–Trinajstić information content (AvgIpc) is 3.09. The number of pyridine rings is 1. The van der Waals surface area contributed by atoms with Crippen LogP contribution in [0.5, 0.6) is 0 Å². The van der Waals surface area contributed by atoms with Crippen molar-refractivity contribution in [2.45, 2.75) is 42.5 Å². The lowest BCUT2D eigenvalue weighted by Crippen LogP contribution is -2.29. The number of aryl methyl sites for hydroxylation is 1. The Hall–Kier alpha value is -2.95. The number of carbonyl (C=O) groups excluding carboxylic acids is 1. The monoisotopic (exact) mass is 525 g/mol. The molecule has 1 saturated heterocycles. The van der Waals surface area contributed by atoms with E-state index in [9.17, 15) is 14.4 Å². The van der Waals surface area contributed by atoms with Crippen LogP contribution in [0, 0.1) is 6.92 Å². The second-order valence-corrected chi connectivity index (χ2v) is 10.8. The number of fused-ring (bicyclic) bond motifs is 1. The van der Waals surface area contributed by atoms with Crippen LogP contribution < -0.4 is 5.56 Å². The molecule has 1 aromatic carbocycles. The molecule has 1 aliphatic heterocycles. The number of carboxylic acid groups (broad SMARTS) is 1. The molecule has 180 valence electrons. The van der Waals surface area contributed by atoms with E-state index in [0.717, 1.165) is 10.5 Å². The van der Waals surface area contributed by atoms with Crippen LogP contribution >= 0.6 is 35.7 Å².